The van der Waals surface area contributed by atoms with Crippen molar-refractivity contribution in [3.63, 3.8) is 0 Å². The van der Waals surface area contributed by atoms with Crippen molar-refractivity contribution in [2.45, 2.75) is 32.2 Å². The van der Waals surface area contributed by atoms with Crippen LogP contribution >= 0.6 is 0 Å². The van der Waals surface area contributed by atoms with Crippen LogP contribution in [-0.4, -0.2) is 36.4 Å². The van der Waals surface area contributed by atoms with E-state index in [9.17, 15) is 13.2 Å². The zero-order chi connectivity index (χ0) is 23.8. The van der Waals surface area contributed by atoms with Gasteiger partial charge in [0.05, 0.1) is 31.0 Å². The largest absolute Gasteiger partial charge is 0.494 e. The molecule has 0 saturated carbocycles. The minimum absolute atomic E-state index is 0.344. The Morgan fingerprint density at radius 1 is 1.09 bits per heavy atom. The summed E-state index contributed by atoms with van der Waals surface area (Å²) in [5.74, 6) is -2.59. The van der Waals surface area contributed by atoms with E-state index in [4.69, 9.17) is 4.74 Å². The second kappa shape index (κ2) is 8.77. The zero-order valence-electron chi connectivity index (χ0n) is 18.5. The number of pyridine rings is 1. The molecule has 4 aromatic rings. The Hall–Kier alpha value is -3.95. The van der Waals surface area contributed by atoms with Crippen LogP contribution in [0, 0.1) is 24.4 Å². The van der Waals surface area contributed by atoms with Crippen LogP contribution in [0.25, 0.3) is 17.8 Å². The first kappa shape index (κ1) is 21.9. The van der Waals surface area contributed by atoms with Gasteiger partial charge in [-0.15, -0.1) is 0 Å². The van der Waals surface area contributed by atoms with Crippen molar-refractivity contribution in [3.05, 3.63) is 83.0 Å². The lowest BCUT2D eigenvalue weighted by Gasteiger charge is -2.22. The van der Waals surface area contributed by atoms with E-state index in [2.05, 4.69) is 20.1 Å². The SMILES string of the molecule is COc1cc(C=Cc2nc3n(n2)CCC[C@H]3c2cc(F)c(F)c(F)c2)ncc1-n1cnc(C)c1. The van der Waals surface area contributed by atoms with Crippen LogP contribution in [0.3, 0.4) is 0 Å². The zero-order valence-corrected chi connectivity index (χ0v) is 18.5. The molecule has 0 saturated heterocycles. The molecule has 34 heavy (non-hydrogen) atoms. The first-order chi connectivity index (χ1) is 16.4. The standard InChI is InChI=1S/C24H21F3N6O/c1-14-12-32(13-29-14)20-11-28-16(10-21(20)34-2)5-6-22-30-24-17(4-3-7-33(24)31-22)15-8-18(25)23(27)19(26)9-15/h5-6,8-13,17H,3-4,7H2,1-2H3/t17-/m0/s1. The maximum Gasteiger partial charge on any atom is 0.194 e. The van der Waals surface area contributed by atoms with Gasteiger partial charge in [-0.3, -0.25) is 4.98 Å². The molecular formula is C24H21F3N6O. The highest BCUT2D eigenvalue weighted by Gasteiger charge is 2.27. The Balaban J connectivity index is 1.42. The summed E-state index contributed by atoms with van der Waals surface area (Å²) < 4.78 is 50.1. The molecule has 174 valence electrons. The van der Waals surface area contributed by atoms with Gasteiger partial charge in [0.15, 0.2) is 23.3 Å². The fourth-order valence-electron chi connectivity index (χ4n) is 4.14. The van der Waals surface area contributed by atoms with Gasteiger partial charge in [0.25, 0.3) is 0 Å². The lowest BCUT2D eigenvalue weighted by atomic mass is 9.91. The Morgan fingerprint density at radius 2 is 1.88 bits per heavy atom. The molecule has 5 rings (SSSR count). The van der Waals surface area contributed by atoms with Crippen LogP contribution in [0.4, 0.5) is 13.2 Å². The average molecular weight is 466 g/mol. The second-order valence-corrected chi connectivity index (χ2v) is 8.08. The van der Waals surface area contributed by atoms with E-state index >= 15 is 0 Å². The number of halogens is 3. The maximum atomic E-state index is 13.8. The molecule has 0 fully saturated rings. The van der Waals surface area contributed by atoms with Crippen LogP contribution in [0.5, 0.6) is 5.75 Å². The van der Waals surface area contributed by atoms with Gasteiger partial charge >= 0.3 is 0 Å². The molecule has 1 aliphatic heterocycles. The Kier molecular flexibility index (Phi) is 5.64. The molecule has 10 heteroatoms. The minimum atomic E-state index is -1.47. The molecule has 4 heterocycles. The summed E-state index contributed by atoms with van der Waals surface area (Å²) in [7, 11) is 1.59. The van der Waals surface area contributed by atoms with Crippen molar-refractivity contribution in [3.8, 4) is 11.4 Å². The van der Waals surface area contributed by atoms with E-state index in [0.717, 1.165) is 29.9 Å². The number of aromatic nitrogens is 6. The highest BCUT2D eigenvalue weighted by Crippen LogP contribution is 2.33. The fourth-order valence-corrected chi connectivity index (χ4v) is 4.14. The third-order valence-corrected chi connectivity index (χ3v) is 5.78. The number of hydrogen-bond acceptors (Lipinski definition) is 5. The third kappa shape index (κ3) is 4.07. The first-order valence-corrected chi connectivity index (χ1v) is 10.7. The van der Waals surface area contributed by atoms with Gasteiger partial charge in [0, 0.05) is 24.7 Å². The summed E-state index contributed by atoms with van der Waals surface area (Å²) in [6.45, 7) is 2.54. The smallest absolute Gasteiger partial charge is 0.194 e. The second-order valence-electron chi connectivity index (χ2n) is 8.08. The number of nitrogens with zero attached hydrogens (tertiary/aromatic N) is 6. The fraction of sp³-hybridized carbons (Fsp3) is 0.250. The van der Waals surface area contributed by atoms with Crippen LogP contribution in [0.15, 0.2) is 36.9 Å². The lowest BCUT2D eigenvalue weighted by Crippen LogP contribution is -2.18. The van der Waals surface area contributed by atoms with E-state index in [1.807, 2.05) is 17.7 Å². The molecule has 0 aliphatic carbocycles. The van der Waals surface area contributed by atoms with Crippen LogP contribution in [-0.2, 0) is 6.54 Å². The van der Waals surface area contributed by atoms with Crippen molar-refractivity contribution >= 4 is 12.2 Å². The van der Waals surface area contributed by atoms with Gasteiger partial charge in [-0.2, -0.15) is 5.10 Å². The quantitative estimate of drug-likeness (QED) is 0.399. The lowest BCUT2D eigenvalue weighted by molar-refractivity contribution is 0.412. The van der Waals surface area contributed by atoms with Crippen LogP contribution in [0.2, 0.25) is 0 Å². The number of benzene rings is 1. The van der Waals surface area contributed by atoms with Crippen molar-refractivity contribution in [2.75, 3.05) is 7.11 Å². The maximum absolute atomic E-state index is 13.8. The molecule has 0 N–H and O–H groups in total. The molecule has 3 aromatic heterocycles. The van der Waals surface area contributed by atoms with E-state index < -0.39 is 17.5 Å². The highest BCUT2D eigenvalue weighted by molar-refractivity contribution is 5.66. The summed E-state index contributed by atoms with van der Waals surface area (Å²) >= 11 is 0. The normalized spacial score (nSPS) is 15.6. The number of rotatable bonds is 5. The number of ether oxygens (including phenoxy) is 1. The number of hydrogen-bond donors (Lipinski definition) is 0. The van der Waals surface area contributed by atoms with Crippen molar-refractivity contribution in [2.24, 2.45) is 0 Å². The topological polar surface area (TPSA) is 70.7 Å². The predicted molar refractivity (Wildman–Crippen MR) is 119 cm³/mol. The number of aryl methyl sites for hydroxylation is 2. The summed E-state index contributed by atoms with van der Waals surface area (Å²) in [6.07, 6.45) is 10.1. The van der Waals surface area contributed by atoms with E-state index in [0.29, 0.717) is 41.6 Å². The van der Waals surface area contributed by atoms with E-state index in [-0.39, 0.29) is 5.92 Å². The first-order valence-electron chi connectivity index (χ1n) is 10.7. The third-order valence-electron chi connectivity index (χ3n) is 5.78. The van der Waals surface area contributed by atoms with Crippen LogP contribution in [0.1, 0.15) is 47.4 Å². The average Bonchev–Trinajstić information content (AvgIpc) is 3.46. The van der Waals surface area contributed by atoms with Gasteiger partial charge in [-0.25, -0.2) is 27.8 Å². The van der Waals surface area contributed by atoms with Crippen molar-refractivity contribution in [1.82, 2.24) is 29.3 Å². The van der Waals surface area contributed by atoms with Gasteiger partial charge in [0.1, 0.15) is 17.3 Å². The number of fused-ring (bicyclic) bond motifs is 1. The van der Waals surface area contributed by atoms with Gasteiger partial charge in [-0.05, 0) is 49.6 Å². The summed E-state index contributed by atoms with van der Waals surface area (Å²) in [5.41, 5.74) is 2.63. The number of imidazole rings is 1. The van der Waals surface area contributed by atoms with Crippen molar-refractivity contribution < 1.29 is 17.9 Å². The molecule has 0 amide bonds. The minimum Gasteiger partial charge on any atom is -0.494 e. The molecule has 0 unspecified atom stereocenters. The number of methoxy groups -OCH3 is 1. The Labute approximate surface area is 193 Å². The van der Waals surface area contributed by atoms with Crippen molar-refractivity contribution in [1.29, 1.82) is 0 Å². The molecule has 1 aromatic carbocycles. The summed E-state index contributed by atoms with van der Waals surface area (Å²) in [6, 6.07) is 3.86. The van der Waals surface area contributed by atoms with Gasteiger partial charge in [-0.1, -0.05) is 0 Å². The Morgan fingerprint density at radius 3 is 2.59 bits per heavy atom. The Bertz CT molecular complexity index is 1370. The predicted octanol–water partition coefficient (Wildman–Crippen LogP) is 4.69. The molecule has 0 spiro atoms. The molecular weight excluding hydrogens is 445 g/mol. The van der Waals surface area contributed by atoms with Gasteiger partial charge < -0.3 is 9.30 Å². The molecule has 0 bridgehead atoms. The molecule has 0 radical (unpaired) electrons. The van der Waals surface area contributed by atoms with E-state index in [1.165, 1.54) is 0 Å². The van der Waals surface area contributed by atoms with Crippen LogP contribution < -0.4 is 4.74 Å². The molecule has 1 aliphatic rings. The summed E-state index contributed by atoms with van der Waals surface area (Å²) in [4.78, 5) is 13.3. The summed E-state index contributed by atoms with van der Waals surface area (Å²) in [5, 5.41) is 4.50. The molecule has 1 atom stereocenters. The molecule has 7 nitrogen and oxygen atoms in total. The monoisotopic (exact) mass is 466 g/mol. The van der Waals surface area contributed by atoms with E-state index in [1.54, 1.807) is 42.5 Å². The van der Waals surface area contributed by atoms with Gasteiger partial charge in [0.2, 0.25) is 0 Å². The highest BCUT2D eigenvalue weighted by atomic mass is 19.2.